The van der Waals surface area contributed by atoms with Crippen LogP contribution in [0.15, 0.2) is 0 Å². The average molecular weight is 181 g/mol. The van der Waals surface area contributed by atoms with Crippen LogP contribution in [-0.2, 0) is 14.3 Å². The van der Waals surface area contributed by atoms with E-state index in [0.29, 0.717) is 12.5 Å². The van der Waals surface area contributed by atoms with Crippen LogP contribution in [0.5, 0.6) is 0 Å². The van der Waals surface area contributed by atoms with Crippen molar-refractivity contribution in [2.45, 2.75) is 37.8 Å². The van der Waals surface area contributed by atoms with Crippen molar-refractivity contribution in [1.29, 1.82) is 0 Å². The van der Waals surface area contributed by atoms with Gasteiger partial charge in [0, 0.05) is 12.1 Å². The normalized spacial score (nSPS) is 47.7. The standard InChI is InChI=1S/C9H11NO3/c11-7-4-9(8(12)13-7)3-5-1-2-6(9)10-5/h5-6,10H,1-4H2. The van der Waals surface area contributed by atoms with Crippen molar-refractivity contribution in [3.63, 3.8) is 0 Å². The monoisotopic (exact) mass is 181 g/mol. The Balaban J connectivity index is 1.98. The Bertz CT molecular complexity index is 301. The largest absolute Gasteiger partial charge is 0.393 e. The summed E-state index contributed by atoms with van der Waals surface area (Å²) in [6.45, 7) is 0. The van der Waals surface area contributed by atoms with Crippen molar-refractivity contribution < 1.29 is 14.3 Å². The molecule has 0 amide bonds. The van der Waals surface area contributed by atoms with Gasteiger partial charge in [-0.2, -0.15) is 0 Å². The third-order valence-electron chi connectivity index (χ3n) is 3.59. The molecule has 13 heavy (non-hydrogen) atoms. The third kappa shape index (κ3) is 0.790. The SMILES string of the molecule is O=C1CC2(CC3CCC2N3)C(=O)O1. The lowest BCUT2D eigenvalue weighted by molar-refractivity contribution is -0.155. The quantitative estimate of drug-likeness (QED) is 0.421. The number of hydrogen-bond acceptors (Lipinski definition) is 4. The summed E-state index contributed by atoms with van der Waals surface area (Å²) in [6.07, 6.45) is 3.23. The molecule has 0 aromatic heterocycles. The van der Waals surface area contributed by atoms with Gasteiger partial charge in [-0.1, -0.05) is 0 Å². The average Bonchev–Trinajstić information content (AvgIpc) is 2.68. The highest BCUT2D eigenvalue weighted by molar-refractivity contribution is 5.98. The molecule has 0 radical (unpaired) electrons. The summed E-state index contributed by atoms with van der Waals surface area (Å²) in [5, 5.41) is 3.36. The molecule has 4 nitrogen and oxygen atoms in total. The van der Waals surface area contributed by atoms with Crippen LogP contribution in [0.25, 0.3) is 0 Å². The zero-order valence-corrected chi connectivity index (χ0v) is 7.21. The molecule has 2 bridgehead atoms. The molecule has 3 heterocycles. The summed E-state index contributed by atoms with van der Waals surface area (Å²) in [7, 11) is 0. The lowest BCUT2D eigenvalue weighted by Crippen LogP contribution is -2.38. The molecule has 4 heteroatoms. The van der Waals surface area contributed by atoms with Crippen LogP contribution in [0.2, 0.25) is 0 Å². The lowest BCUT2D eigenvalue weighted by Gasteiger charge is -2.26. The number of fused-ring (bicyclic) bond motifs is 3. The van der Waals surface area contributed by atoms with Crippen molar-refractivity contribution in [3.8, 4) is 0 Å². The van der Waals surface area contributed by atoms with E-state index >= 15 is 0 Å². The highest BCUT2D eigenvalue weighted by atomic mass is 16.6. The first-order chi connectivity index (χ1) is 6.21. The molecule has 3 saturated heterocycles. The second kappa shape index (κ2) is 2.12. The van der Waals surface area contributed by atoms with Crippen molar-refractivity contribution in [2.75, 3.05) is 0 Å². The lowest BCUT2D eigenvalue weighted by atomic mass is 9.73. The van der Waals surface area contributed by atoms with Crippen molar-refractivity contribution in [2.24, 2.45) is 5.41 Å². The van der Waals surface area contributed by atoms with Gasteiger partial charge in [-0.3, -0.25) is 9.59 Å². The van der Waals surface area contributed by atoms with Gasteiger partial charge in [0.15, 0.2) is 0 Å². The van der Waals surface area contributed by atoms with Gasteiger partial charge in [0.1, 0.15) is 0 Å². The van der Waals surface area contributed by atoms with E-state index in [2.05, 4.69) is 10.1 Å². The maximum atomic E-state index is 11.5. The van der Waals surface area contributed by atoms with E-state index < -0.39 is 5.41 Å². The summed E-state index contributed by atoms with van der Waals surface area (Å²) >= 11 is 0. The van der Waals surface area contributed by atoms with Gasteiger partial charge in [-0.05, 0) is 19.3 Å². The molecule has 3 fully saturated rings. The van der Waals surface area contributed by atoms with Gasteiger partial charge in [0.2, 0.25) is 0 Å². The Kier molecular flexibility index (Phi) is 1.22. The third-order valence-corrected chi connectivity index (χ3v) is 3.59. The van der Waals surface area contributed by atoms with Crippen LogP contribution in [0.1, 0.15) is 25.7 Å². The number of nitrogens with one attached hydrogen (secondary N) is 1. The topological polar surface area (TPSA) is 55.4 Å². The fourth-order valence-electron chi connectivity index (χ4n) is 2.99. The van der Waals surface area contributed by atoms with Crippen LogP contribution in [0, 0.1) is 5.41 Å². The molecule has 3 aliphatic rings. The smallest absolute Gasteiger partial charge is 0.321 e. The fourth-order valence-corrected chi connectivity index (χ4v) is 2.99. The van der Waals surface area contributed by atoms with Gasteiger partial charge in [0.25, 0.3) is 0 Å². The molecule has 1 N–H and O–H groups in total. The summed E-state index contributed by atoms with van der Waals surface area (Å²) in [5.41, 5.74) is -0.486. The van der Waals surface area contributed by atoms with E-state index in [1.54, 1.807) is 0 Å². The second-order valence-electron chi connectivity index (χ2n) is 4.29. The Morgan fingerprint density at radius 1 is 1.38 bits per heavy atom. The Labute approximate surface area is 75.6 Å². The predicted molar refractivity (Wildman–Crippen MR) is 42.7 cm³/mol. The molecule has 0 aromatic rings. The molecular weight excluding hydrogens is 170 g/mol. The zero-order valence-electron chi connectivity index (χ0n) is 7.21. The molecule has 0 saturated carbocycles. The maximum Gasteiger partial charge on any atom is 0.321 e. The summed E-state index contributed by atoms with van der Waals surface area (Å²) in [4.78, 5) is 22.5. The second-order valence-corrected chi connectivity index (χ2v) is 4.29. The van der Waals surface area contributed by atoms with Crippen LogP contribution < -0.4 is 5.32 Å². The summed E-state index contributed by atoms with van der Waals surface area (Å²) in [6, 6.07) is 0.625. The molecule has 1 spiro atoms. The van der Waals surface area contributed by atoms with Crippen LogP contribution in [0.4, 0.5) is 0 Å². The molecular formula is C9H11NO3. The van der Waals surface area contributed by atoms with Crippen molar-refractivity contribution in [3.05, 3.63) is 0 Å². The van der Waals surface area contributed by atoms with Crippen LogP contribution in [0.3, 0.4) is 0 Å². The summed E-state index contributed by atoms with van der Waals surface area (Å²) < 4.78 is 4.63. The van der Waals surface area contributed by atoms with Crippen LogP contribution >= 0.6 is 0 Å². The van der Waals surface area contributed by atoms with Gasteiger partial charge in [-0.25, -0.2) is 0 Å². The van der Waals surface area contributed by atoms with E-state index in [1.165, 1.54) is 0 Å². The number of rotatable bonds is 0. The maximum absolute atomic E-state index is 11.5. The number of cyclic esters (lactones) is 2. The number of hydrogen-bond donors (Lipinski definition) is 1. The fraction of sp³-hybridized carbons (Fsp3) is 0.778. The molecule has 3 atom stereocenters. The first-order valence-electron chi connectivity index (χ1n) is 4.72. The van der Waals surface area contributed by atoms with Gasteiger partial charge < -0.3 is 10.1 Å². The Morgan fingerprint density at radius 2 is 2.23 bits per heavy atom. The molecule has 3 unspecified atom stereocenters. The Hall–Kier alpha value is -0.900. The van der Waals surface area contributed by atoms with Gasteiger partial charge in [-0.15, -0.1) is 0 Å². The molecule has 3 rings (SSSR count). The van der Waals surface area contributed by atoms with E-state index in [4.69, 9.17) is 0 Å². The van der Waals surface area contributed by atoms with E-state index in [1.807, 2.05) is 0 Å². The molecule has 70 valence electrons. The Morgan fingerprint density at radius 3 is 2.69 bits per heavy atom. The van der Waals surface area contributed by atoms with E-state index in [-0.39, 0.29) is 18.0 Å². The van der Waals surface area contributed by atoms with Crippen LogP contribution in [-0.4, -0.2) is 24.0 Å². The highest BCUT2D eigenvalue weighted by Crippen LogP contribution is 2.49. The summed E-state index contributed by atoms with van der Waals surface area (Å²) in [5.74, 6) is -0.642. The van der Waals surface area contributed by atoms with Gasteiger partial charge in [0.05, 0.1) is 11.8 Å². The first kappa shape index (κ1) is 7.50. The molecule has 3 aliphatic heterocycles. The molecule has 0 aliphatic carbocycles. The van der Waals surface area contributed by atoms with E-state index in [0.717, 1.165) is 19.3 Å². The number of carbonyl (C=O) groups is 2. The minimum atomic E-state index is -0.486. The minimum Gasteiger partial charge on any atom is -0.393 e. The number of esters is 2. The minimum absolute atomic E-state index is 0.191. The highest BCUT2D eigenvalue weighted by Gasteiger charge is 2.61. The number of carbonyl (C=O) groups excluding carboxylic acids is 2. The first-order valence-corrected chi connectivity index (χ1v) is 4.72. The zero-order chi connectivity index (χ0) is 9.05. The molecule has 0 aromatic carbocycles. The van der Waals surface area contributed by atoms with Gasteiger partial charge >= 0.3 is 11.9 Å². The van der Waals surface area contributed by atoms with Crippen molar-refractivity contribution in [1.82, 2.24) is 5.32 Å². The predicted octanol–water partition coefficient (Wildman–Crippen LogP) is -0.0294. The van der Waals surface area contributed by atoms with E-state index in [9.17, 15) is 9.59 Å². The number of ether oxygens (including phenoxy) is 1. The van der Waals surface area contributed by atoms with Crippen molar-refractivity contribution >= 4 is 11.9 Å².